The van der Waals surface area contributed by atoms with Crippen LogP contribution in [0, 0.1) is 5.92 Å². The third-order valence-electron chi connectivity index (χ3n) is 6.37. The van der Waals surface area contributed by atoms with Crippen LogP contribution in [0.25, 0.3) is 33.2 Å². The first-order chi connectivity index (χ1) is 14.7. The lowest BCUT2D eigenvalue weighted by molar-refractivity contribution is 0.0601. The molecule has 1 aliphatic rings. The molecule has 4 aromatic rings. The molecule has 0 saturated heterocycles. The Kier molecular flexibility index (Phi) is 4.99. The second-order valence-electron chi connectivity index (χ2n) is 8.27. The van der Waals surface area contributed by atoms with Gasteiger partial charge in [-0.3, -0.25) is 0 Å². The highest BCUT2D eigenvalue weighted by molar-refractivity contribution is 5.98. The smallest absolute Gasteiger partial charge is 0.337 e. The van der Waals surface area contributed by atoms with Crippen LogP contribution >= 0.6 is 0 Å². The molecule has 1 aliphatic carbocycles. The maximum absolute atomic E-state index is 12.1. The standard InChI is InChI=1S/C26H26N2O2/c1-30-26(29)20-14-15-24-23(16-20)27-25(28(24)17-18-8-3-2-4-9-18)22-13-7-11-19-10-5-6-12-21(19)22/h5-7,10-16,18H,2-4,8-9,17H2,1H3. The number of ether oxygens (including phenoxy) is 1. The van der Waals surface area contributed by atoms with E-state index in [1.165, 1.54) is 50.0 Å². The molecule has 5 rings (SSSR count). The van der Waals surface area contributed by atoms with E-state index in [1.54, 1.807) is 0 Å². The number of esters is 1. The number of carbonyl (C=O) groups is 1. The lowest BCUT2D eigenvalue weighted by Gasteiger charge is -2.23. The third kappa shape index (κ3) is 3.36. The molecule has 0 aliphatic heterocycles. The van der Waals surface area contributed by atoms with Crippen LogP contribution in [0.4, 0.5) is 0 Å². The average Bonchev–Trinajstić information content (AvgIpc) is 3.16. The molecule has 1 saturated carbocycles. The van der Waals surface area contributed by atoms with Crippen molar-refractivity contribution in [1.82, 2.24) is 9.55 Å². The highest BCUT2D eigenvalue weighted by Crippen LogP contribution is 2.34. The van der Waals surface area contributed by atoms with Gasteiger partial charge in [-0.25, -0.2) is 9.78 Å². The summed E-state index contributed by atoms with van der Waals surface area (Å²) < 4.78 is 7.28. The van der Waals surface area contributed by atoms with Gasteiger partial charge in [-0.05, 0) is 47.7 Å². The normalized spacial score (nSPS) is 15.0. The minimum absolute atomic E-state index is 0.328. The predicted molar refractivity (Wildman–Crippen MR) is 121 cm³/mol. The Labute approximate surface area is 176 Å². The summed E-state index contributed by atoms with van der Waals surface area (Å²) in [7, 11) is 1.41. The van der Waals surface area contributed by atoms with Crippen molar-refractivity contribution in [1.29, 1.82) is 0 Å². The molecule has 0 atom stereocenters. The molecule has 4 nitrogen and oxygen atoms in total. The highest BCUT2D eigenvalue weighted by atomic mass is 16.5. The summed E-state index contributed by atoms with van der Waals surface area (Å²) in [4.78, 5) is 17.1. The zero-order chi connectivity index (χ0) is 20.5. The van der Waals surface area contributed by atoms with Gasteiger partial charge in [0.2, 0.25) is 0 Å². The van der Waals surface area contributed by atoms with Crippen molar-refractivity contribution in [3.05, 3.63) is 66.2 Å². The Balaban J connectivity index is 1.70. The quantitative estimate of drug-likeness (QED) is 0.383. The molecule has 0 spiro atoms. The Hall–Kier alpha value is -3.14. The molecular weight excluding hydrogens is 372 g/mol. The van der Waals surface area contributed by atoms with E-state index < -0.39 is 0 Å². The summed E-state index contributed by atoms with van der Waals surface area (Å²) in [5.41, 5.74) is 3.60. The number of hydrogen-bond acceptors (Lipinski definition) is 3. The van der Waals surface area contributed by atoms with Crippen LogP contribution in [-0.2, 0) is 11.3 Å². The number of nitrogens with zero attached hydrogens (tertiary/aromatic N) is 2. The van der Waals surface area contributed by atoms with Gasteiger partial charge >= 0.3 is 5.97 Å². The molecule has 1 heterocycles. The summed E-state index contributed by atoms with van der Waals surface area (Å²) in [6, 6.07) is 20.6. The van der Waals surface area contributed by atoms with E-state index in [1.807, 2.05) is 18.2 Å². The van der Waals surface area contributed by atoms with Gasteiger partial charge in [0, 0.05) is 12.1 Å². The van der Waals surface area contributed by atoms with Crippen LogP contribution in [0.3, 0.4) is 0 Å². The summed E-state index contributed by atoms with van der Waals surface area (Å²) in [6.07, 6.45) is 6.52. The molecule has 4 heteroatoms. The van der Waals surface area contributed by atoms with Crippen LogP contribution in [0.5, 0.6) is 0 Å². The Morgan fingerprint density at radius 1 is 1.03 bits per heavy atom. The summed E-state index contributed by atoms with van der Waals surface area (Å²) in [5.74, 6) is 1.32. The van der Waals surface area contributed by atoms with Gasteiger partial charge in [0.25, 0.3) is 0 Å². The van der Waals surface area contributed by atoms with E-state index in [9.17, 15) is 4.79 Å². The number of hydrogen-bond donors (Lipinski definition) is 0. The number of rotatable bonds is 4. The fraction of sp³-hybridized carbons (Fsp3) is 0.308. The molecule has 3 aromatic carbocycles. The fourth-order valence-electron chi connectivity index (χ4n) is 4.81. The second kappa shape index (κ2) is 7.94. The lowest BCUT2D eigenvalue weighted by atomic mass is 9.89. The topological polar surface area (TPSA) is 44.1 Å². The van der Waals surface area contributed by atoms with Crippen molar-refractivity contribution in [3.8, 4) is 11.4 Å². The Morgan fingerprint density at radius 3 is 2.67 bits per heavy atom. The number of fused-ring (bicyclic) bond motifs is 2. The van der Waals surface area contributed by atoms with Crippen molar-refractivity contribution < 1.29 is 9.53 Å². The van der Waals surface area contributed by atoms with Crippen molar-refractivity contribution in [2.45, 2.75) is 38.6 Å². The summed E-state index contributed by atoms with van der Waals surface area (Å²) in [5, 5.41) is 2.41. The van der Waals surface area contributed by atoms with Crippen LogP contribution in [-0.4, -0.2) is 22.6 Å². The molecule has 0 unspecified atom stereocenters. The van der Waals surface area contributed by atoms with Crippen molar-refractivity contribution in [2.75, 3.05) is 7.11 Å². The molecular formula is C26H26N2O2. The van der Waals surface area contributed by atoms with Gasteiger partial charge in [-0.2, -0.15) is 0 Å². The zero-order valence-corrected chi connectivity index (χ0v) is 17.3. The van der Waals surface area contributed by atoms with Gasteiger partial charge in [0.1, 0.15) is 5.82 Å². The van der Waals surface area contributed by atoms with E-state index in [0.717, 1.165) is 29.0 Å². The first-order valence-corrected chi connectivity index (χ1v) is 10.8. The maximum Gasteiger partial charge on any atom is 0.337 e. The summed E-state index contributed by atoms with van der Waals surface area (Å²) in [6.45, 7) is 0.965. The Bertz CT molecular complexity index is 1210. The predicted octanol–water partition coefficient (Wildman–Crippen LogP) is 6.22. The SMILES string of the molecule is COC(=O)c1ccc2c(c1)nc(-c1cccc3ccccc13)n2CC1CCCCC1. The fourth-order valence-corrected chi connectivity index (χ4v) is 4.81. The zero-order valence-electron chi connectivity index (χ0n) is 17.3. The molecule has 0 amide bonds. The molecule has 1 fully saturated rings. The largest absolute Gasteiger partial charge is 0.465 e. The van der Waals surface area contributed by atoms with E-state index in [-0.39, 0.29) is 5.97 Å². The number of carbonyl (C=O) groups excluding carboxylic acids is 1. The van der Waals surface area contributed by atoms with Crippen LogP contribution < -0.4 is 0 Å². The molecule has 0 bridgehead atoms. The van der Waals surface area contributed by atoms with Gasteiger partial charge < -0.3 is 9.30 Å². The van der Waals surface area contributed by atoms with Crippen molar-refractivity contribution >= 4 is 27.8 Å². The van der Waals surface area contributed by atoms with Crippen LogP contribution in [0.15, 0.2) is 60.7 Å². The van der Waals surface area contributed by atoms with Crippen molar-refractivity contribution in [2.24, 2.45) is 5.92 Å². The molecule has 0 N–H and O–H groups in total. The molecule has 0 radical (unpaired) electrons. The minimum atomic E-state index is -0.328. The van der Waals surface area contributed by atoms with E-state index in [0.29, 0.717) is 11.5 Å². The number of benzene rings is 3. The van der Waals surface area contributed by atoms with Gasteiger partial charge in [0.05, 0.1) is 23.7 Å². The molecule has 30 heavy (non-hydrogen) atoms. The van der Waals surface area contributed by atoms with Crippen LogP contribution in [0.2, 0.25) is 0 Å². The Morgan fingerprint density at radius 2 is 1.83 bits per heavy atom. The lowest BCUT2D eigenvalue weighted by Crippen LogP contribution is -2.15. The van der Waals surface area contributed by atoms with Gasteiger partial charge in [-0.1, -0.05) is 61.7 Å². The average molecular weight is 399 g/mol. The first kappa shape index (κ1) is 18.9. The number of imidazole rings is 1. The van der Waals surface area contributed by atoms with Crippen molar-refractivity contribution in [3.63, 3.8) is 0 Å². The van der Waals surface area contributed by atoms with Gasteiger partial charge in [0.15, 0.2) is 0 Å². The minimum Gasteiger partial charge on any atom is -0.465 e. The maximum atomic E-state index is 12.1. The van der Waals surface area contributed by atoms with Crippen LogP contribution in [0.1, 0.15) is 42.5 Å². The third-order valence-corrected chi connectivity index (χ3v) is 6.37. The van der Waals surface area contributed by atoms with E-state index in [2.05, 4.69) is 47.0 Å². The number of aromatic nitrogens is 2. The van der Waals surface area contributed by atoms with E-state index >= 15 is 0 Å². The highest BCUT2D eigenvalue weighted by Gasteiger charge is 2.21. The number of methoxy groups -OCH3 is 1. The molecule has 1 aromatic heterocycles. The monoisotopic (exact) mass is 398 g/mol. The van der Waals surface area contributed by atoms with Gasteiger partial charge in [-0.15, -0.1) is 0 Å². The second-order valence-corrected chi connectivity index (χ2v) is 8.27. The summed E-state index contributed by atoms with van der Waals surface area (Å²) >= 11 is 0. The van der Waals surface area contributed by atoms with E-state index in [4.69, 9.17) is 9.72 Å². The molecule has 152 valence electrons. The first-order valence-electron chi connectivity index (χ1n) is 10.8.